The molecule has 1 saturated carbocycles. The lowest BCUT2D eigenvalue weighted by molar-refractivity contribution is -0.133. The van der Waals surface area contributed by atoms with Crippen LogP contribution in [0.4, 0.5) is 8.78 Å². The summed E-state index contributed by atoms with van der Waals surface area (Å²) in [5.74, 6) is -1.68. The number of halogens is 2. The number of carbonyl (C=O) groups excluding carboxylic acids is 1. The maximum atomic E-state index is 13.9. The molecule has 0 radical (unpaired) electrons. The summed E-state index contributed by atoms with van der Waals surface area (Å²) >= 11 is 1.63. The summed E-state index contributed by atoms with van der Waals surface area (Å²) < 4.78 is 27.3. The standard InChI is InChI=1S/C18H18F2N2OS/c19-15-5-1-4-12(16(15)20)13-9-14(13)18(23)22-7-2-3-11(10-22)17-21-6-8-24-17/h1,4-6,8,11,13-14H,2-3,7,9-10H2/t11-,13+,14+/m0/s1. The molecule has 2 aromatic rings. The van der Waals surface area contributed by atoms with E-state index in [-0.39, 0.29) is 17.7 Å². The van der Waals surface area contributed by atoms with Gasteiger partial charge in [0.2, 0.25) is 5.91 Å². The average molecular weight is 348 g/mol. The van der Waals surface area contributed by atoms with E-state index in [1.54, 1.807) is 23.6 Å². The van der Waals surface area contributed by atoms with Crippen LogP contribution in [-0.2, 0) is 4.79 Å². The van der Waals surface area contributed by atoms with Crippen LogP contribution in [0.15, 0.2) is 29.8 Å². The zero-order chi connectivity index (χ0) is 16.7. The number of thiazole rings is 1. The Balaban J connectivity index is 1.44. The van der Waals surface area contributed by atoms with Gasteiger partial charge in [0, 0.05) is 36.5 Å². The first-order valence-corrected chi connectivity index (χ1v) is 9.15. The Labute approximate surface area is 143 Å². The van der Waals surface area contributed by atoms with Crippen molar-refractivity contribution in [3.63, 3.8) is 0 Å². The first-order valence-electron chi connectivity index (χ1n) is 8.27. The van der Waals surface area contributed by atoms with E-state index in [1.165, 1.54) is 6.07 Å². The van der Waals surface area contributed by atoms with Crippen molar-refractivity contribution in [1.82, 2.24) is 9.88 Å². The van der Waals surface area contributed by atoms with Gasteiger partial charge in [0.15, 0.2) is 11.6 Å². The summed E-state index contributed by atoms with van der Waals surface area (Å²) in [5.41, 5.74) is 0.335. The van der Waals surface area contributed by atoms with E-state index in [0.29, 0.717) is 24.4 Å². The molecule has 1 aliphatic carbocycles. The third kappa shape index (κ3) is 2.83. The third-order valence-electron chi connectivity index (χ3n) is 5.02. The average Bonchev–Trinajstić information content (AvgIpc) is 3.19. The summed E-state index contributed by atoms with van der Waals surface area (Å²) in [5, 5.41) is 3.04. The van der Waals surface area contributed by atoms with Crippen molar-refractivity contribution in [1.29, 1.82) is 0 Å². The number of hydrogen-bond donors (Lipinski definition) is 0. The molecular formula is C18H18F2N2OS. The highest BCUT2D eigenvalue weighted by Gasteiger charge is 2.47. The van der Waals surface area contributed by atoms with Crippen LogP contribution in [0.25, 0.3) is 0 Å². The quantitative estimate of drug-likeness (QED) is 0.842. The number of nitrogens with zero attached hydrogens (tertiary/aromatic N) is 2. The highest BCUT2D eigenvalue weighted by Crippen LogP contribution is 2.50. The summed E-state index contributed by atoms with van der Waals surface area (Å²) in [7, 11) is 0. The number of hydrogen-bond acceptors (Lipinski definition) is 3. The van der Waals surface area contributed by atoms with E-state index in [2.05, 4.69) is 4.98 Å². The molecule has 0 bridgehead atoms. The van der Waals surface area contributed by atoms with Gasteiger partial charge in [-0.05, 0) is 36.8 Å². The predicted octanol–water partition coefficient (Wildman–Crippen LogP) is 3.93. The molecule has 0 N–H and O–H groups in total. The van der Waals surface area contributed by atoms with Crippen LogP contribution in [0.5, 0.6) is 0 Å². The van der Waals surface area contributed by atoms with Crippen molar-refractivity contribution in [2.24, 2.45) is 5.92 Å². The molecule has 2 heterocycles. The lowest BCUT2D eigenvalue weighted by Crippen LogP contribution is -2.40. The van der Waals surface area contributed by atoms with Crippen LogP contribution in [0.2, 0.25) is 0 Å². The number of amides is 1. The molecule has 2 fully saturated rings. The highest BCUT2D eigenvalue weighted by atomic mass is 32.1. The number of aromatic nitrogens is 1. The first kappa shape index (κ1) is 15.7. The van der Waals surface area contributed by atoms with Gasteiger partial charge < -0.3 is 4.90 Å². The number of carbonyl (C=O) groups is 1. The molecule has 3 atom stereocenters. The van der Waals surface area contributed by atoms with Gasteiger partial charge in [-0.3, -0.25) is 4.79 Å². The molecule has 1 aromatic heterocycles. The molecule has 24 heavy (non-hydrogen) atoms. The van der Waals surface area contributed by atoms with E-state index in [4.69, 9.17) is 0 Å². The summed E-state index contributed by atoms with van der Waals surface area (Å²) in [6.07, 6.45) is 4.41. The Hall–Kier alpha value is -1.82. The van der Waals surface area contributed by atoms with Crippen molar-refractivity contribution in [2.45, 2.75) is 31.1 Å². The third-order valence-corrected chi connectivity index (χ3v) is 5.96. The lowest BCUT2D eigenvalue weighted by Gasteiger charge is -2.32. The van der Waals surface area contributed by atoms with Gasteiger partial charge in [-0.1, -0.05) is 12.1 Å². The second-order valence-electron chi connectivity index (χ2n) is 6.59. The minimum Gasteiger partial charge on any atom is -0.342 e. The predicted molar refractivity (Wildman–Crippen MR) is 87.9 cm³/mol. The maximum absolute atomic E-state index is 13.9. The molecule has 4 rings (SSSR count). The van der Waals surface area contributed by atoms with Gasteiger partial charge in [-0.25, -0.2) is 13.8 Å². The fraction of sp³-hybridized carbons (Fsp3) is 0.444. The smallest absolute Gasteiger partial charge is 0.226 e. The first-order chi connectivity index (χ1) is 11.6. The molecular weight excluding hydrogens is 330 g/mol. The van der Waals surface area contributed by atoms with Gasteiger partial charge >= 0.3 is 0 Å². The molecule has 3 nitrogen and oxygen atoms in total. The van der Waals surface area contributed by atoms with Crippen LogP contribution in [0.3, 0.4) is 0 Å². The number of benzene rings is 1. The fourth-order valence-corrected chi connectivity index (χ4v) is 4.44. The van der Waals surface area contributed by atoms with Gasteiger partial charge in [0.25, 0.3) is 0 Å². The molecule has 6 heteroatoms. The summed E-state index contributed by atoms with van der Waals surface area (Å²) in [4.78, 5) is 19.0. The van der Waals surface area contributed by atoms with E-state index in [9.17, 15) is 13.6 Å². The Kier molecular flexibility index (Phi) is 4.08. The minimum atomic E-state index is -0.840. The van der Waals surface area contributed by atoms with E-state index >= 15 is 0 Å². The van der Waals surface area contributed by atoms with Crippen LogP contribution in [0.1, 0.15) is 41.7 Å². The molecule has 2 aliphatic rings. The number of likely N-dealkylation sites (tertiary alicyclic amines) is 1. The zero-order valence-corrected chi connectivity index (χ0v) is 13.9. The summed E-state index contributed by atoms with van der Waals surface area (Å²) in [6.45, 7) is 1.43. The Morgan fingerprint density at radius 1 is 1.33 bits per heavy atom. The van der Waals surface area contributed by atoms with Crippen molar-refractivity contribution in [3.8, 4) is 0 Å². The van der Waals surface area contributed by atoms with Crippen LogP contribution < -0.4 is 0 Å². The number of rotatable bonds is 3. The molecule has 1 saturated heterocycles. The van der Waals surface area contributed by atoms with Gasteiger partial charge in [0.05, 0.1) is 5.01 Å². The lowest BCUT2D eigenvalue weighted by atomic mass is 9.98. The normalized spacial score (nSPS) is 26.4. The van der Waals surface area contributed by atoms with E-state index in [0.717, 1.165) is 30.5 Å². The maximum Gasteiger partial charge on any atom is 0.226 e. The van der Waals surface area contributed by atoms with Crippen molar-refractivity contribution in [2.75, 3.05) is 13.1 Å². The van der Waals surface area contributed by atoms with Gasteiger partial charge in [0.1, 0.15) is 0 Å². The Morgan fingerprint density at radius 2 is 2.21 bits per heavy atom. The topological polar surface area (TPSA) is 33.2 Å². The van der Waals surface area contributed by atoms with Crippen molar-refractivity contribution in [3.05, 3.63) is 52.0 Å². The monoisotopic (exact) mass is 348 g/mol. The van der Waals surface area contributed by atoms with Gasteiger partial charge in [-0.2, -0.15) is 0 Å². The van der Waals surface area contributed by atoms with Crippen LogP contribution in [0, 0.1) is 17.6 Å². The van der Waals surface area contributed by atoms with E-state index in [1.807, 2.05) is 10.3 Å². The molecule has 1 amide bonds. The highest BCUT2D eigenvalue weighted by molar-refractivity contribution is 7.09. The molecule has 1 aromatic carbocycles. The minimum absolute atomic E-state index is 0.0740. The zero-order valence-electron chi connectivity index (χ0n) is 13.1. The largest absolute Gasteiger partial charge is 0.342 e. The van der Waals surface area contributed by atoms with Crippen LogP contribution in [-0.4, -0.2) is 28.9 Å². The fourth-order valence-electron chi connectivity index (χ4n) is 3.67. The SMILES string of the molecule is O=C([C@@H]1C[C@@H]1c1cccc(F)c1F)N1CCC[C@H](c2nccs2)C1. The molecule has 0 spiro atoms. The molecule has 1 aliphatic heterocycles. The van der Waals surface area contributed by atoms with Crippen molar-refractivity contribution >= 4 is 17.2 Å². The van der Waals surface area contributed by atoms with Crippen LogP contribution >= 0.6 is 11.3 Å². The summed E-state index contributed by atoms with van der Waals surface area (Å²) in [6, 6.07) is 4.21. The second-order valence-corrected chi connectivity index (χ2v) is 7.51. The van der Waals surface area contributed by atoms with Gasteiger partial charge in [-0.15, -0.1) is 11.3 Å². The van der Waals surface area contributed by atoms with Crippen molar-refractivity contribution < 1.29 is 13.6 Å². The molecule has 126 valence electrons. The Morgan fingerprint density at radius 3 is 3.00 bits per heavy atom. The van der Waals surface area contributed by atoms with E-state index < -0.39 is 11.6 Å². The second kappa shape index (κ2) is 6.24. The Bertz CT molecular complexity index is 749. The number of piperidine rings is 1. The molecule has 0 unspecified atom stereocenters.